The van der Waals surface area contributed by atoms with Crippen LogP contribution < -0.4 is 10.6 Å². The number of anilines is 2. The monoisotopic (exact) mass is 296 g/mol. The van der Waals surface area contributed by atoms with Crippen LogP contribution in [0.25, 0.3) is 6.08 Å². The molecular weight excluding hydrogens is 284 g/mol. The molecule has 0 atom stereocenters. The van der Waals surface area contributed by atoms with Gasteiger partial charge in [0.15, 0.2) is 0 Å². The number of imide groups is 1. The number of nitrogen functional groups attached to an aromatic ring is 1. The number of para-hydroxylation sites is 2. The first-order chi connectivity index (χ1) is 10.2. The Bertz CT molecular complexity index is 741. The summed E-state index contributed by atoms with van der Waals surface area (Å²) in [7, 11) is 0. The summed E-state index contributed by atoms with van der Waals surface area (Å²) < 4.78 is 0. The van der Waals surface area contributed by atoms with E-state index in [9.17, 15) is 9.59 Å². The van der Waals surface area contributed by atoms with E-state index < -0.39 is 0 Å². The molecule has 104 valence electrons. The van der Waals surface area contributed by atoms with Crippen LogP contribution in [0.2, 0.25) is 0 Å². The van der Waals surface area contributed by atoms with Gasteiger partial charge in [-0.3, -0.25) is 9.59 Å². The first-order valence-electron chi connectivity index (χ1n) is 6.34. The minimum absolute atomic E-state index is 0.333. The van der Waals surface area contributed by atoms with E-state index in [-0.39, 0.29) is 11.1 Å². The van der Waals surface area contributed by atoms with E-state index in [0.29, 0.717) is 16.3 Å². The molecule has 2 N–H and O–H groups in total. The van der Waals surface area contributed by atoms with E-state index in [0.717, 1.165) is 22.2 Å². The molecule has 1 aliphatic heterocycles. The Labute approximate surface area is 126 Å². The SMILES string of the molecule is Nc1ccccc1N1C(=O)SC(=Cc2ccccc2)C1=O. The van der Waals surface area contributed by atoms with Crippen LogP contribution in [0, 0.1) is 0 Å². The van der Waals surface area contributed by atoms with Gasteiger partial charge in [-0.25, -0.2) is 4.90 Å². The lowest BCUT2D eigenvalue weighted by atomic mass is 10.2. The molecule has 0 radical (unpaired) electrons. The van der Waals surface area contributed by atoms with Crippen molar-refractivity contribution in [3.63, 3.8) is 0 Å². The fourth-order valence-corrected chi connectivity index (χ4v) is 2.90. The molecule has 4 nitrogen and oxygen atoms in total. The summed E-state index contributed by atoms with van der Waals surface area (Å²) in [6, 6.07) is 16.3. The highest BCUT2D eigenvalue weighted by molar-refractivity contribution is 8.19. The third kappa shape index (κ3) is 2.55. The molecule has 0 aromatic heterocycles. The molecule has 1 heterocycles. The van der Waals surface area contributed by atoms with Crippen molar-refractivity contribution in [1.29, 1.82) is 0 Å². The van der Waals surface area contributed by atoms with Crippen LogP contribution in [0.4, 0.5) is 16.2 Å². The van der Waals surface area contributed by atoms with Crippen molar-refractivity contribution < 1.29 is 9.59 Å². The fourth-order valence-electron chi connectivity index (χ4n) is 2.07. The van der Waals surface area contributed by atoms with Gasteiger partial charge in [0.25, 0.3) is 11.1 Å². The van der Waals surface area contributed by atoms with Gasteiger partial charge in [-0.2, -0.15) is 0 Å². The number of thioether (sulfide) groups is 1. The summed E-state index contributed by atoms with van der Waals surface area (Å²) in [6.45, 7) is 0. The lowest BCUT2D eigenvalue weighted by molar-refractivity contribution is -0.113. The molecule has 0 saturated carbocycles. The first-order valence-corrected chi connectivity index (χ1v) is 7.16. The molecule has 1 saturated heterocycles. The van der Waals surface area contributed by atoms with E-state index in [1.165, 1.54) is 0 Å². The van der Waals surface area contributed by atoms with Gasteiger partial charge in [-0.15, -0.1) is 0 Å². The van der Waals surface area contributed by atoms with Gasteiger partial charge in [0, 0.05) is 0 Å². The molecule has 5 heteroatoms. The average molecular weight is 296 g/mol. The smallest absolute Gasteiger partial charge is 0.298 e. The molecule has 2 aromatic rings. The number of rotatable bonds is 2. The van der Waals surface area contributed by atoms with Crippen molar-refractivity contribution in [2.75, 3.05) is 10.6 Å². The third-order valence-corrected chi connectivity index (χ3v) is 3.94. The number of nitrogens with two attached hydrogens (primary N) is 1. The summed E-state index contributed by atoms with van der Waals surface area (Å²) >= 11 is 0.923. The van der Waals surface area contributed by atoms with Gasteiger partial charge in [0.1, 0.15) is 0 Å². The summed E-state index contributed by atoms with van der Waals surface area (Å²) in [5.74, 6) is -0.341. The summed E-state index contributed by atoms with van der Waals surface area (Å²) in [6.07, 6.45) is 1.71. The van der Waals surface area contributed by atoms with Crippen LogP contribution in [-0.2, 0) is 4.79 Å². The maximum Gasteiger partial charge on any atom is 0.298 e. The van der Waals surface area contributed by atoms with E-state index in [2.05, 4.69) is 0 Å². The third-order valence-electron chi connectivity index (χ3n) is 3.07. The van der Waals surface area contributed by atoms with Crippen LogP contribution in [0.1, 0.15) is 5.56 Å². The van der Waals surface area contributed by atoms with Crippen molar-refractivity contribution in [1.82, 2.24) is 0 Å². The normalized spacial score (nSPS) is 16.8. The van der Waals surface area contributed by atoms with Gasteiger partial charge in [-0.1, -0.05) is 42.5 Å². The first kappa shape index (κ1) is 13.5. The quantitative estimate of drug-likeness (QED) is 0.680. The lowest BCUT2D eigenvalue weighted by Gasteiger charge is -2.14. The minimum atomic E-state index is -0.341. The molecular formula is C16H12N2O2S. The van der Waals surface area contributed by atoms with Crippen molar-refractivity contribution in [2.24, 2.45) is 0 Å². The Balaban J connectivity index is 1.97. The highest BCUT2D eigenvalue weighted by Crippen LogP contribution is 2.37. The molecule has 0 spiro atoms. The van der Waals surface area contributed by atoms with E-state index in [4.69, 9.17) is 5.73 Å². The second-order valence-corrected chi connectivity index (χ2v) is 5.48. The summed E-state index contributed by atoms with van der Waals surface area (Å²) in [4.78, 5) is 26.1. The van der Waals surface area contributed by atoms with E-state index in [1.807, 2.05) is 30.3 Å². The zero-order valence-corrected chi connectivity index (χ0v) is 11.8. The Kier molecular flexibility index (Phi) is 3.50. The van der Waals surface area contributed by atoms with Crippen LogP contribution in [0.15, 0.2) is 59.5 Å². The molecule has 0 aliphatic carbocycles. The number of hydrogen-bond acceptors (Lipinski definition) is 4. The van der Waals surface area contributed by atoms with Crippen molar-refractivity contribution in [3.05, 3.63) is 65.1 Å². The standard InChI is InChI=1S/C16H12N2O2S/c17-12-8-4-5-9-13(12)18-15(19)14(21-16(18)20)10-11-6-2-1-3-7-11/h1-10H,17H2. The zero-order valence-electron chi connectivity index (χ0n) is 11.0. The topological polar surface area (TPSA) is 63.4 Å². The predicted octanol–water partition coefficient (Wildman–Crippen LogP) is 3.51. The minimum Gasteiger partial charge on any atom is -0.397 e. The number of carbonyl (C=O) groups excluding carboxylic acids is 2. The maximum absolute atomic E-state index is 12.4. The highest BCUT2D eigenvalue weighted by atomic mass is 32.2. The summed E-state index contributed by atoms with van der Waals surface area (Å²) in [5.41, 5.74) is 7.56. The number of benzene rings is 2. The van der Waals surface area contributed by atoms with E-state index in [1.54, 1.807) is 30.3 Å². The van der Waals surface area contributed by atoms with Crippen molar-refractivity contribution in [3.8, 4) is 0 Å². The zero-order chi connectivity index (χ0) is 14.8. The maximum atomic E-state index is 12.4. The van der Waals surface area contributed by atoms with Gasteiger partial charge in [0.2, 0.25) is 0 Å². The average Bonchev–Trinajstić information content (AvgIpc) is 2.76. The van der Waals surface area contributed by atoms with Crippen molar-refractivity contribution >= 4 is 40.4 Å². The molecule has 2 aromatic carbocycles. The predicted molar refractivity (Wildman–Crippen MR) is 85.7 cm³/mol. The molecule has 2 amide bonds. The number of carbonyl (C=O) groups is 2. The van der Waals surface area contributed by atoms with E-state index >= 15 is 0 Å². The summed E-state index contributed by atoms with van der Waals surface area (Å²) in [5, 5.41) is -0.333. The van der Waals surface area contributed by atoms with Gasteiger partial charge in [-0.05, 0) is 35.5 Å². The van der Waals surface area contributed by atoms with Crippen LogP contribution in [0.3, 0.4) is 0 Å². The highest BCUT2D eigenvalue weighted by Gasteiger charge is 2.37. The molecule has 1 fully saturated rings. The van der Waals surface area contributed by atoms with Crippen LogP contribution in [0.5, 0.6) is 0 Å². The molecule has 1 aliphatic rings. The second-order valence-electron chi connectivity index (χ2n) is 4.49. The Morgan fingerprint density at radius 2 is 1.62 bits per heavy atom. The van der Waals surface area contributed by atoms with Crippen LogP contribution in [-0.4, -0.2) is 11.1 Å². The number of nitrogens with zero attached hydrogens (tertiary/aromatic N) is 1. The number of hydrogen-bond donors (Lipinski definition) is 1. The van der Waals surface area contributed by atoms with Crippen LogP contribution >= 0.6 is 11.8 Å². The fraction of sp³-hybridized carbons (Fsp3) is 0. The van der Waals surface area contributed by atoms with Gasteiger partial charge >= 0.3 is 0 Å². The largest absolute Gasteiger partial charge is 0.397 e. The molecule has 0 unspecified atom stereocenters. The molecule has 3 rings (SSSR count). The van der Waals surface area contributed by atoms with Gasteiger partial charge < -0.3 is 5.73 Å². The Morgan fingerprint density at radius 3 is 2.33 bits per heavy atom. The second kappa shape index (κ2) is 5.46. The Hall–Kier alpha value is -2.53. The Morgan fingerprint density at radius 1 is 0.952 bits per heavy atom. The lowest BCUT2D eigenvalue weighted by Crippen LogP contribution is -2.28. The molecule has 21 heavy (non-hydrogen) atoms. The molecule has 0 bridgehead atoms. The number of amides is 2. The van der Waals surface area contributed by atoms with Gasteiger partial charge in [0.05, 0.1) is 16.3 Å². The van der Waals surface area contributed by atoms with Crippen molar-refractivity contribution in [2.45, 2.75) is 0 Å².